The van der Waals surface area contributed by atoms with Crippen LogP contribution in [0.4, 0.5) is 8.78 Å². The second-order valence-electron chi connectivity index (χ2n) is 2.49. The first kappa shape index (κ1) is 12.6. The molecule has 15 heavy (non-hydrogen) atoms. The van der Waals surface area contributed by atoms with Gasteiger partial charge in [0.25, 0.3) is 16.4 Å². The molecule has 0 spiro atoms. The van der Waals surface area contributed by atoms with E-state index in [1.54, 1.807) is 0 Å². The molecule has 0 atom stereocenters. The van der Waals surface area contributed by atoms with E-state index in [-0.39, 0.29) is 0 Å². The van der Waals surface area contributed by atoms with Crippen molar-refractivity contribution in [1.82, 2.24) is 4.98 Å². The average Bonchev–Trinajstić information content (AvgIpc) is 2.06. The van der Waals surface area contributed by atoms with Gasteiger partial charge in [-0.15, -0.1) is 0 Å². The third-order valence-electron chi connectivity index (χ3n) is 1.46. The Labute approximate surface area is 94.1 Å². The summed E-state index contributed by atoms with van der Waals surface area (Å²) in [7, 11) is -4.17. The number of nitrogens with zero attached hydrogens (tertiary/aromatic N) is 1. The quantitative estimate of drug-likeness (QED) is 0.898. The minimum atomic E-state index is -4.17. The highest BCUT2D eigenvalue weighted by molar-refractivity contribution is 7.89. The van der Waals surface area contributed by atoms with Crippen molar-refractivity contribution in [2.45, 2.75) is 11.5 Å². The highest BCUT2D eigenvalue weighted by Gasteiger charge is 2.22. The Bertz CT molecular complexity index is 492. The third-order valence-corrected chi connectivity index (χ3v) is 3.29. The molecule has 4 nitrogen and oxygen atoms in total. The predicted molar refractivity (Wildman–Crippen MR) is 50.6 cm³/mol. The zero-order valence-electron chi connectivity index (χ0n) is 6.92. The lowest BCUT2D eigenvalue weighted by atomic mass is 10.3. The molecule has 0 aliphatic carbocycles. The lowest BCUT2D eigenvalue weighted by Gasteiger charge is -2.06. The standard InChI is InChI=1S/C6H4Cl2F2N2O2S/c7-3-2(5(9)10)1-12-6(4(3)8)15(11,13)14/h1,5H,(H2,11,13,14). The number of halogens is 4. The van der Waals surface area contributed by atoms with Crippen molar-refractivity contribution in [3.05, 3.63) is 21.8 Å². The number of hydrogen-bond acceptors (Lipinski definition) is 3. The summed E-state index contributed by atoms with van der Waals surface area (Å²) in [5.41, 5.74) is -0.644. The molecule has 9 heteroatoms. The van der Waals surface area contributed by atoms with Crippen LogP contribution in [0.25, 0.3) is 0 Å². The monoisotopic (exact) mass is 276 g/mol. The van der Waals surface area contributed by atoms with E-state index in [9.17, 15) is 17.2 Å². The van der Waals surface area contributed by atoms with E-state index >= 15 is 0 Å². The Hall–Kier alpha value is -0.500. The van der Waals surface area contributed by atoms with Gasteiger partial charge in [0.05, 0.1) is 15.6 Å². The van der Waals surface area contributed by atoms with Crippen LogP contribution in [-0.4, -0.2) is 13.4 Å². The van der Waals surface area contributed by atoms with Gasteiger partial charge in [-0.2, -0.15) is 0 Å². The van der Waals surface area contributed by atoms with Gasteiger partial charge in [-0.05, 0) is 0 Å². The summed E-state index contributed by atoms with van der Waals surface area (Å²) >= 11 is 10.9. The molecule has 0 amide bonds. The molecule has 0 saturated heterocycles. The summed E-state index contributed by atoms with van der Waals surface area (Å²) in [5.74, 6) is 0. The first-order chi connectivity index (χ1) is 6.75. The molecule has 0 radical (unpaired) electrons. The van der Waals surface area contributed by atoms with Crippen LogP contribution in [0.5, 0.6) is 0 Å². The van der Waals surface area contributed by atoms with Crippen LogP contribution in [0.2, 0.25) is 10.0 Å². The maximum Gasteiger partial charge on any atom is 0.266 e. The lowest BCUT2D eigenvalue weighted by molar-refractivity contribution is 0.151. The van der Waals surface area contributed by atoms with Gasteiger partial charge in [0.15, 0.2) is 5.03 Å². The highest BCUT2D eigenvalue weighted by atomic mass is 35.5. The fourth-order valence-electron chi connectivity index (χ4n) is 0.813. The molecule has 0 saturated carbocycles. The molecule has 2 N–H and O–H groups in total. The molecule has 1 rings (SSSR count). The van der Waals surface area contributed by atoms with Crippen LogP contribution in [0.1, 0.15) is 12.0 Å². The highest BCUT2D eigenvalue weighted by Crippen LogP contribution is 2.34. The number of alkyl halides is 2. The topological polar surface area (TPSA) is 73.1 Å². The summed E-state index contributed by atoms with van der Waals surface area (Å²) in [5, 5.41) is 2.84. The summed E-state index contributed by atoms with van der Waals surface area (Å²) < 4.78 is 46.3. The second kappa shape index (κ2) is 4.17. The molecule has 0 aliphatic rings. The van der Waals surface area contributed by atoms with Crippen LogP contribution in [0.15, 0.2) is 11.2 Å². The van der Waals surface area contributed by atoms with Gasteiger partial charge in [-0.25, -0.2) is 27.3 Å². The zero-order chi connectivity index (χ0) is 11.8. The Balaban J connectivity index is 3.48. The van der Waals surface area contributed by atoms with E-state index in [1.165, 1.54) is 0 Å². The Morgan fingerprint density at radius 2 is 1.87 bits per heavy atom. The number of sulfonamides is 1. The molecular weight excluding hydrogens is 273 g/mol. The Morgan fingerprint density at radius 3 is 2.27 bits per heavy atom. The molecule has 0 bridgehead atoms. The normalized spacial score (nSPS) is 12.1. The molecule has 0 aliphatic heterocycles. The van der Waals surface area contributed by atoms with Gasteiger partial charge >= 0.3 is 0 Å². The number of primary sulfonamides is 1. The molecule has 0 fully saturated rings. The van der Waals surface area contributed by atoms with E-state index in [0.29, 0.717) is 6.20 Å². The molecule has 0 unspecified atom stereocenters. The van der Waals surface area contributed by atoms with Crippen LogP contribution < -0.4 is 5.14 Å². The van der Waals surface area contributed by atoms with Crippen LogP contribution in [0.3, 0.4) is 0 Å². The lowest BCUT2D eigenvalue weighted by Crippen LogP contribution is -2.15. The van der Waals surface area contributed by atoms with Gasteiger partial charge < -0.3 is 0 Å². The number of hydrogen-bond donors (Lipinski definition) is 1. The van der Waals surface area contributed by atoms with Crippen molar-refractivity contribution in [3.8, 4) is 0 Å². The molecule has 1 aromatic heterocycles. The van der Waals surface area contributed by atoms with Crippen molar-refractivity contribution < 1.29 is 17.2 Å². The summed E-state index contributed by atoms with van der Waals surface area (Å²) in [6, 6.07) is 0. The van der Waals surface area contributed by atoms with Crippen LogP contribution in [0, 0.1) is 0 Å². The van der Waals surface area contributed by atoms with Crippen molar-refractivity contribution >= 4 is 33.2 Å². The number of rotatable bonds is 2. The minimum absolute atomic E-state index is 0.564. The maximum atomic E-state index is 12.3. The first-order valence-electron chi connectivity index (χ1n) is 3.40. The fourth-order valence-corrected chi connectivity index (χ4v) is 2.12. The smallest absolute Gasteiger partial charge is 0.242 e. The fraction of sp³-hybridized carbons (Fsp3) is 0.167. The number of pyridine rings is 1. The van der Waals surface area contributed by atoms with Crippen molar-refractivity contribution in [2.24, 2.45) is 5.14 Å². The molecule has 0 aromatic carbocycles. The Morgan fingerprint density at radius 1 is 1.33 bits per heavy atom. The third kappa shape index (κ3) is 2.54. The van der Waals surface area contributed by atoms with Gasteiger partial charge in [-0.1, -0.05) is 23.2 Å². The van der Waals surface area contributed by atoms with Gasteiger partial charge in [0.1, 0.15) is 0 Å². The van der Waals surface area contributed by atoms with E-state index in [2.05, 4.69) is 4.98 Å². The SMILES string of the molecule is NS(=O)(=O)c1ncc(C(F)F)c(Cl)c1Cl. The maximum absolute atomic E-state index is 12.3. The summed E-state index contributed by atoms with van der Waals surface area (Å²) in [6.07, 6.45) is -2.27. The van der Waals surface area contributed by atoms with E-state index in [4.69, 9.17) is 28.3 Å². The molecular formula is C6H4Cl2F2N2O2S. The number of aromatic nitrogens is 1. The van der Waals surface area contributed by atoms with Crippen molar-refractivity contribution in [2.75, 3.05) is 0 Å². The largest absolute Gasteiger partial charge is 0.266 e. The van der Waals surface area contributed by atoms with Gasteiger partial charge in [0, 0.05) is 6.20 Å². The second-order valence-corrected chi connectivity index (χ2v) is 4.73. The van der Waals surface area contributed by atoms with Crippen LogP contribution in [-0.2, 0) is 10.0 Å². The van der Waals surface area contributed by atoms with Crippen molar-refractivity contribution in [1.29, 1.82) is 0 Å². The first-order valence-corrected chi connectivity index (χ1v) is 5.70. The Kier molecular flexibility index (Phi) is 3.49. The zero-order valence-corrected chi connectivity index (χ0v) is 9.24. The van der Waals surface area contributed by atoms with E-state index in [1.807, 2.05) is 0 Å². The molecule has 1 heterocycles. The number of nitrogens with two attached hydrogens (primary N) is 1. The predicted octanol–water partition coefficient (Wildman–Crippen LogP) is 1.97. The summed E-state index contributed by atoms with van der Waals surface area (Å²) in [4.78, 5) is 3.22. The van der Waals surface area contributed by atoms with Gasteiger partial charge in [-0.3, -0.25) is 0 Å². The molecule has 84 valence electrons. The average molecular weight is 277 g/mol. The molecule has 1 aromatic rings. The van der Waals surface area contributed by atoms with E-state index in [0.717, 1.165) is 0 Å². The minimum Gasteiger partial charge on any atom is -0.242 e. The van der Waals surface area contributed by atoms with Crippen molar-refractivity contribution in [3.63, 3.8) is 0 Å². The summed E-state index contributed by atoms with van der Waals surface area (Å²) in [6.45, 7) is 0. The van der Waals surface area contributed by atoms with Gasteiger partial charge in [0.2, 0.25) is 0 Å². The van der Waals surface area contributed by atoms with E-state index < -0.39 is 37.1 Å². The van der Waals surface area contributed by atoms with Crippen LogP contribution >= 0.6 is 23.2 Å².